The van der Waals surface area contributed by atoms with Crippen molar-refractivity contribution in [1.82, 2.24) is 14.8 Å². The fourth-order valence-corrected chi connectivity index (χ4v) is 1.87. The van der Waals surface area contributed by atoms with Gasteiger partial charge in [0.05, 0.1) is 11.9 Å². The van der Waals surface area contributed by atoms with E-state index in [0.717, 1.165) is 23.8 Å². The first-order valence-electron chi connectivity index (χ1n) is 6.20. The highest BCUT2D eigenvalue weighted by molar-refractivity contribution is 5.58. The molecule has 0 saturated heterocycles. The van der Waals surface area contributed by atoms with E-state index in [4.69, 9.17) is 4.74 Å². The van der Waals surface area contributed by atoms with Crippen LogP contribution in [0.5, 0.6) is 11.5 Å². The van der Waals surface area contributed by atoms with Gasteiger partial charge in [-0.15, -0.1) is 0 Å². The smallest absolute Gasteiger partial charge is 0.165 e. The number of hydrogen-bond acceptors (Lipinski definition) is 3. The van der Waals surface area contributed by atoms with E-state index < -0.39 is 11.6 Å². The van der Waals surface area contributed by atoms with Crippen molar-refractivity contribution >= 4 is 0 Å². The molecule has 4 nitrogen and oxygen atoms in total. The average Bonchev–Trinajstić information content (AvgIpc) is 2.90. The molecule has 3 aromatic rings. The number of aryl methyl sites for hydroxylation is 1. The fourth-order valence-electron chi connectivity index (χ4n) is 1.87. The summed E-state index contributed by atoms with van der Waals surface area (Å²) in [6.07, 6.45) is 5.00. The Bertz CT molecular complexity index is 786. The van der Waals surface area contributed by atoms with E-state index in [2.05, 4.69) is 10.1 Å². The Hall–Kier alpha value is -2.76. The van der Waals surface area contributed by atoms with Gasteiger partial charge in [-0.1, -0.05) is 0 Å². The quantitative estimate of drug-likeness (QED) is 0.739. The molecule has 2 aromatic heterocycles. The van der Waals surface area contributed by atoms with Crippen LogP contribution in [0.2, 0.25) is 0 Å². The van der Waals surface area contributed by atoms with Crippen LogP contribution in [0.3, 0.4) is 0 Å². The van der Waals surface area contributed by atoms with E-state index in [-0.39, 0.29) is 5.75 Å². The third-order valence-electron chi connectivity index (χ3n) is 2.85. The molecule has 0 amide bonds. The molecule has 0 saturated carbocycles. The lowest BCUT2D eigenvalue weighted by atomic mass is 10.2. The average molecular weight is 287 g/mol. The second kappa shape index (κ2) is 5.32. The van der Waals surface area contributed by atoms with Crippen LogP contribution in [0.4, 0.5) is 8.78 Å². The van der Waals surface area contributed by atoms with Crippen LogP contribution in [0.15, 0.2) is 48.9 Å². The minimum atomic E-state index is -0.629. The molecular weight excluding hydrogens is 276 g/mol. The van der Waals surface area contributed by atoms with Crippen LogP contribution in [0, 0.1) is 11.6 Å². The molecule has 0 spiro atoms. The molecule has 0 aliphatic rings. The summed E-state index contributed by atoms with van der Waals surface area (Å²) in [6.45, 7) is 0. The number of nitrogens with zero attached hydrogens (tertiary/aromatic N) is 3. The second-order valence-electron chi connectivity index (χ2n) is 4.46. The minimum absolute atomic E-state index is 0.168. The zero-order valence-corrected chi connectivity index (χ0v) is 11.1. The number of ether oxygens (including phenoxy) is 1. The second-order valence-corrected chi connectivity index (χ2v) is 4.46. The van der Waals surface area contributed by atoms with Crippen LogP contribution >= 0.6 is 0 Å². The molecule has 106 valence electrons. The summed E-state index contributed by atoms with van der Waals surface area (Å²) in [7, 11) is 1.80. The topological polar surface area (TPSA) is 39.9 Å². The fraction of sp³-hybridized carbons (Fsp3) is 0.0667. The first kappa shape index (κ1) is 13.2. The number of halogens is 2. The van der Waals surface area contributed by atoms with Gasteiger partial charge in [-0.25, -0.2) is 8.78 Å². The van der Waals surface area contributed by atoms with Crippen molar-refractivity contribution in [1.29, 1.82) is 0 Å². The predicted octanol–water partition coefficient (Wildman–Crippen LogP) is 3.55. The molecule has 0 unspecified atom stereocenters. The van der Waals surface area contributed by atoms with Gasteiger partial charge in [-0.3, -0.25) is 9.67 Å². The largest absolute Gasteiger partial charge is 0.454 e. The molecule has 0 bridgehead atoms. The van der Waals surface area contributed by atoms with Gasteiger partial charge in [0.15, 0.2) is 11.6 Å². The SMILES string of the molecule is Cn1cc(-c2cc(Oc3cc(F)ccc3F)ccn2)cn1. The van der Waals surface area contributed by atoms with Crippen LogP contribution in [0.25, 0.3) is 11.3 Å². The highest BCUT2D eigenvalue weighted by Crippen LogP contribution is 2.27. The lowest BCUT2D eigenvalue weighted by Crippen LogP contribution is -1.91. The lowest BCUT2D eigenvalue weighted by molar-refractivity contribution is 0.436. The van der Waals surface area contributed by atoms with E-state index in [9.17, 15) is 8.78 Å². The predicted molar refractivity (Wildman–Crippen MR) is 72.9 cm³/mol. The van der Waals surface area contributed by atoms with Gasteiger partial charge < -0.3 is 4.74 Å². The van der Waals surface area contributed by atoms with Crippen molar-refractivity contribution in [3.05, 3.63) is 60.6 Å². The summed E-state index contributed by atoms with van der Waals surface area (Å²) in [5.74, 6) is -0.990. The molecule has 0 atom stereocenters. The Morgan fingerprint density at radius 2 is 2.00 bits per heavy atom. The summed E-state index contributed by atoms with van der Waals surface area (Å²) in [6, 6.07) is 6.27. The van der Waals surface area contributed by atoms with Crippen molar-refractivity contribution in [3.8, 4) is 22.8 Å². The van der Waals surface area contributed by atoms with Crippen molar-refractivity contribution in [2.75, 3.05) is 0 Å². The number of hydrogen-bond donors (Lipinski definition) is 0. The zero-order chi connectivity index (χ0) is 14.8. The number of aromatic nitrogens is 3. The first-order valence-corrected chi connectivity index (χ1v) is 6.20. The highest BCUT2D eigenvalue weighted by atomic mass is 19.1. The number of pyridine rings is 1. The molecule has 0 radical (unpaired) electrons. The summed E-state index contributed by atoms with van der Waals surface area (Å²) in [4.78, 5) is 4.20. The number of rotatable bonds is 3. The molecule has 3 rings (SSSR count). The van der Waals surface area contributed by atoms with Crippen molar-refractivity contribution in [2.45, 2.75) is 0 Å². The third-order valence-corrected chi connectivity index (χ3v) is 2.85. The van der Waals surface area contributed by atoms with Crippen LogP contribution in [0.1, 0.15) is 0 Å². The normalized spacial score (nSPS) is 10.6. The van der Waals surface area contributed by atoms with E-state index in [1.165, 1.54) is 6.20 Å². The first-order chi connectivity index (χ1) is 10.1. The lowest BCUT2D eigenvalue weighted by Gasteiger charge is -2.07. The maximum absolute atomic E-state index is 13.6. The highest BCUT2D eigenvalue weighted by Gasteiger charge is 2.08. The van der Waals surface area contributed by atoms with E-state index in [1.807, 2.05) is 0 Å². The molecule has 0 aliphatic carbocycles. The Kier molecular flexibility index (Phi) is 3.35. The monoisotopic (exact) mass is 287 g/mol. The van der Waals surface area contributed by atoms with Gasteiger partial charge in [0.25, 0.3) is 0 Å². The standard InChI is InChI=1S/C15H11F2N3O/c1-20-9-10(8-19-20)14-7-12(4-5-18-14)21-15-6-11(16)2-3-13(15)17/h2-9H,1H3. The van der Waals surface area contributed by atoms with Crippen molar-refractivity contribution in [3.63, 3.8) is 0 Å². The van der Waals surface area contributed by atoms with Gasteiger partial charge in [0.1, 0.15) is 11.6 Å². The Morgan fingerprint density at radius 1 is 1.14 bits per heavy atom. The van der Waals surface area contributed by atoms with E-state index in [0.29, 0.717) is 11.4 Å². The van der Waals surface area contributed by atoms with Crippen LogP contribution in [-0.2, 0) is 7.05 Å². The Balaban J connectivity index is 1.91. The third kappa shape index (κ3) is 2.89. The summed E-state index contributed by atoms with van der Waals surface area (Å²) >= 11 is 0. The molecule has 21 heavy (non-hydrogen) atoms. The molecule has 0 N–H and O–H groups in total. The van der Waals surface area contributed by atoms with Crippen molar-refractivity contribution in [2.24, 2.45) is 7.05 Å². The molecule has 0 aliphatic heterocycles. The van der Waals surface area contributed by atoms with Crippen LogP contribution < -0.4 is 4.74 Å². The molecule has 1 aromatic carbocycles. The maximum atomic E-state index is 13.6. The van der Waals surface area contributed by atoms with Gasteiger partial charge in [0, 0.05) is 37.1 Å². The van der Waals surface area contributed by atoms with Gasteiger partial charge in [-0.2, -0.15) is 5.10 Å². The zero-order valence-electron chi connectivity index (χ0n) is 11.1. The molecule has 0 fully saturated rings. The Labute approximate surface area is 119 Å². The molecular formula is C15H11F2N3O. The number of benzene rings is 1. The minimum Gasteiger partial charge on any atom is -0.454 e. The maximum Gasteiger partial charge on any atom is 0.165 e. The molecule has 6 heteroatoms. The Morgan fingerprint density at radius 3 is 2.76 bits per heavy atom. The summed E-state index contributed by atoms with van der Waals surface area (Å²) < 4.78 is 33.7. The van der Waals surface area contributed by atoms with E-state index >= 15 is 0 Å². The van der Waals surface area contributed by atoms with Gasteiger partial charge >= 0.3 is 0 Å². The van der Waals surface area contributed by atoms with Gasteiger partial charge in [-0.05, 0) is 18.2 Å². The van der Waals surface area contributed by atoms with Crippen molar-refractivity contribution < 1.29 is 13.5 Å². The van der Waals surface area contributed by atoms with E-state index in [1.54, 1.807) is 36.3 Å². The van der Waals surface area contributed by atoms with Gasteiger partial charge in [0.2, 0.25) is 0 Å². The summed E-state index contributed by atoms with van der Waals surface area (Å²) in [5.41, 5.74) is 1.44. The summed E-state index contributed by atoms with van der Waals surface area (Å²) in [5, 5.41) is 4.06. The molecule has 2 heterocycles. The van der Waals surface area contributed by atoms with Crippen LogP contribution in [-0.4, -0.2) is 14.8 Å².